The molecule has 174 valence electrons. The van der Waals surface area contributed by atoms with Gasteiger partial charge in [-0.15, -0.1) is 0 Å². The van der Waals surface area contributed by atoms with E-state index in [9.17, 15) is 26.4 Å². The number of nitrogens with one attached hydrogen (secondary N) is 1. The highest BCUT2D eigenvalue weighted by Gasteiger charge is 2.31. The number of rotatable bonds is 7. The molecule has 0 aromatic heterocycles. The van der Waals surface area contributed by atoms with E-state index in [1.165, 1.54) is 30.3 Å². The number of benzene rings is 3. The van der Waals surface area contributed by atoms with Gasteiger partial charge < -0.3 is 5.32 Å². The Hall–Kier alpha value is -2.59. The van der Waals surface area contributed by atoms with Gasteiger partial charge in [0, 0.05) is 22.3 Å². The zero-order chi connectivity index (χ0) is 24.2. The van der Waals surface area contributed by atoms with Crippen molar-refractivity contribution >= 4 is 44.8 Å². The Balaban J connectivity index is 1.87. The fourth-order valence-corrected chi connectivity index (χ4v) is 4.68. The average molecular weight is 517 g/mol. The quantitative estimate of drug-likeness (QED) is 0.428. The van der Waals surface area contributed by atoms with Crippen molar-refractivity contribution in [2.75, 3.05) is 11.9 Å². The molecule has 3 rings (SSSR count). The van der Waals surface area contributed by atoms with E-state index in [1.807, 2.05) is 0 Å². The smallest absolute Gasteiger partial charge is 0.325 e. The van der Waals surface area contributed by atoms with Crippen molar-refractivity contribution in [2.24, 2.45) is 0 Å². The first kappa shape index (κ1) is 25.0. The van der Waals surface area contributed by atoms with Crippen molar-refractivity contribution in [2.45, 2.75) is 17.6 Å². The topological polar surface area (TPSA) is 66.5 Å². The Morgan fingerprint density at radius 3 is 2.21 bits per heavy atom. The molecule has 0 aliphatic heterocycles. The molecule has 1 N–H and O–H groups in total. The van der Waals surface area contributed by atoms with E-state index in [-0.39, 0.29) is 17.1 Å². The number of anilines is 1. The molecule has 1 amide bonds. The van der Waals surface area contributed by atoms with Crippen molar-refractivity contribution in [3.63, 3.8) is 0 Å². The van der Waals surface area contributed by atoms with Gasteiger partial charge in [-0.2, -0.15) is 17.5 Å². The maximum atomic E-state index is 13.2. The summed E-state index contributed by atoms with van der Waals surface area (Å²) in [5.74, 6) is -0.811. The van der Waals surface area contributed by atoms with Gasteiger partial charge >= 0.3 is 6.18 Å². The Kier molecular flexibility index (Phi) is 7.69. The van der Waals surface area contributed by atoms with Crippen molar-refractivity contribution in [3.8, 4) is 0 Å². The van der Waals surface area contributed by atoms with E-state index < -0.39 is 34.2 Å². The van der Waals surface area contributed by atoms with Crippen LogP contribution in [-0.2, 0) is 27.5 Å². The summed E-state index contributed by atoms with van der Waals surface area (Å²) in [6, 6.07) is 15.9. The van der Waals surface area contributed by atoms with Crippen LogP contribution in [0.5, 0.6) is 0 Å². The molecule has 3 aromatic rings. The third-order valence-electron chi connectivity index (χ3n) is 4.49. The SMILES string of the molecule is O=C(CN(Cc1cccc(Cl)c1)S(=O)(=O)c1ccc(Cl)cc1)Nc1cccc(C(F)(F)F)c1. The van der Waals surface area contributed by atoms with Gasteiger partial charge in [-0.05, 0) is 60.2 Å². The lowest BCUT2D eigenvalue weighted by molar-refractivity contribution is -0.137. The molecule has 11 heteroatoms. The minimum Gasteiger partial charge on any atom is -0.325 e. The summed E-state index contributed by atoms with van der Waals surface area (Å²) >= 11 is 11.8. The van der Waals surface area contributed by atoms with Crippen LogP contribution >= 0.6 is 23.2 Å². The largest absolute Gasteiger partial charge is 0.416 e. The van der Waals surface area contributed by atoms with E-state index in [1.54, 1.807) is 24.3 Å². The number of carbonyl (C=O) groups excluding carboxylic acids is 1. The van der Waals surface area contributed by atoms with Crippen LogP contribution in [0.2, 0.25) is 10.0 Å². The molecule has 0 heterocycles. The molecule has 0 bridgehead atoms. The summed E-state index contributed by atoms with van der Waals surface area (Å²) in [6.07, 6.45) is -4.59. The van der Waals surface area contributed by atoms with E-state index in [0.717, 1.165) is 22.5 Å². The Bertz CT molecular complexity index is 1250. The van der Waals surface area contributed by atoms with Gasteiger partial charge in [-0.1, -0.05) is 41.4 Å². The number of hydrogen-bond acceptors (Lipinski definition) is 3. The van der Waals surface area contributed by atoms with Gasteiger partial charge in [0.15, 0.2) is 0 Å². The zero-order valence-corrected chi connectivity index (χ0v) is 19.1. The molecule has 0 atom stereocenters. The van der Waals surface area contributed by atoms with Gasteiger partial charge in [0.1, 0.15) is 0 Å². The van der Waals surface area contributed by atoms with Crippen molar-refractivity contribution < 1.29 is 26.4 Å². The summed E-state index contributed by atoms with van der Waals surface area (Å²) in [4.78, 5) is 12.5. The lowest BCUT2D eigenvalue weighted by atomic mass is 10.2. The first-order valence-electron chi connectivity index (χ1n) is 9.42. The number of halogens is 5. The number of nitrogens with zero attached hydrogens (tertiary/aromatic N) is 1. The normalized spacial score (nSPS) is 12.1. The molecule has 0 saturated carbocycles. The van der Waals surface area contributed by atoms with Crippen LogP contribution in [0.1, 0.15) is 11.1 Å². The second kappa shape index (κ2) is 10.1. The van der Waals surface area contributed by atoms with Crippen LogP contribution in [-0.4, -0.2) is 25.2 Å². The Morgan fingerprint density at radius 2 is 1.58 bits per heavy atom. The molecular weight excluding hydrogens is 500 g/mol. The Labute approximate surface area is 198 Å². The molecule has 0 radical (unpaired) electrons. The standard InChI is InChI=1S/C22H17Cl2F3N2O3S/c23-17-7-9-20(10-8-17)33(31,32)29(13-15-3-1-5-18(24)11-15)14-21(30)28-19-6-2-4-16(12-19)22(25,26)27/h1-12H,13-14H2,(H,28,30). The fourth-order valence-electron chi connectivity index (χ4n) is 2.95. The molecule has 0 unspecified atom stereocenters. The zero-order valence-electron chi connectivity index (χ0n) is 16.8. The summed E-state index contributed by atoms with van der Waals surface area (Å²) in [5, 5.41) is 3.03. The number of carbonyl (C=O) groups is 1. The van der Waals surface area contributed by atoms with Gasteiger partial charge in [-0.25, -0.2) is 8.42 Å². The monoisotopic (exact) mass is 516 g/mol. The van der Waals surface area contributed by atoms with Crippen molar-refractivity contribution in [1.82, 2.24) is 4.31 Å². The molecule has 5 nitrogen and oxygen atoms in total. The molecule has 0 fully saturated rings. The Morgan fingerprint density at radius 1 is 0.909 bits per heavy atom. The minimum absolute atomic E-state index is 0.0965. The van der Waals surface area contributed by atoms with Crippen LogP contribution < -0.4 is 5.32 Å². The highest BCUT2D eigenvalue weighted by atomic mass is 35.5. The third-order valence-corrected chi connectivity index (χ3v) is 6.79. The van der Waals surface area contributed by atoms with Crippen LogP contribution in [0, 0.1) is 0 Å². The van der Waals surface area contributed by atoms with Crippen LogP contribution in [0.4, 0.5) is 18.9 Å². The molecular formula is C22H17Cl2F3N2O3S. The fraction of sp³-hybridized carbons (Fsp3) is 0.136. The molecule has 0 aliphatic rings. The summed E-state index contributed by atoms with van der Waals surface area (Å²) in [6.45, 7) is -0.838. The highest BCUT2D eigenvalue weighted by Crippen LogP contribution is 2.30. The lowest BCUT2D eigenvalue weighted by Crippen LogP contribution is -2.37. The lowest BCUT2D eigenvalue weighted by Gasteiger charge is -2.22. The number of hydrogen-bond donors (Lipinski definition) is 1. The van der Waals surface area contributed by atoms with E-state index in [0.29, 0.717) is 15.6 Å². The first-order chi connectivity index (χ1) is 15.4. The highest BCUT2D eigenvalue weighted by molar-refractivity contribution is 7.89. The second-order valence-electron chi connectivity index (χ2n) is 6.98. The van der Waals surface area contributed by atoms with Crippen molar-refractivity contribution in [1.29, 1.82) is 0 Å². The van der Waals surface area contributed by atoms with E-state index in [4.69, 9.17) is 23.2 Å². The third kappa shape index (κ3) is 6.70. The van der Waals surface area contributed by atoms with Gasteiger partial charge in [-0.3, -0.25) is 4.79 Å². The molecule has 0 aliphatic carbocycles. The van der Waals surface area contributed by atoms with E-state index in [2.05, 4.69) is 5.32 Å². The number of alkyl halides is 3. The summed E-state index contributed by atoms with van der Waals surface area (Å²) < 4.78 is 66.2. The maximum absolute atomic E-state index is 13.2. The molecule has 0 saturated heterocycles. The van der Waals surface area contributed by atoms with Gasteiger partial charge in [0.05, 0.1) is 17.0 Å². The van der Waals surface area contributed by atoms with Gasteiger partial charge in [0.2, 0.25) is 15.9 Å². The summed E-state index contributed by atoms with van der Waals surface area (Å²) in [7, 11) is -4.16. The predicted molar refractivity (Wildman–Crippen MR) is 121 cm³/mol. The second-order valence-corrected chi connectivity index (χ2v) is 9.79. The van der Waals surface area contributed by atoms with Crippen LogP contribution in [0.3, 0.4) is 0 Å². The first-order valence-corrected chi connectivity index (χ1v) is 11.6. The molecule has 0 spiro atoms. The van der Waals surface area contributed by atoms with E-state index >= 15 is 0 Å². The van der Waals surface area contributed by atoms with Gasteiger partial charge in [0.25, 0.3) is 0 Å². The molecule has 33 heavy (non-hydrogen) atoms. The summed E-state index contributed by atoms with van der Waals surface area (Å²) in [5.41, 5.74) is -0.529. The van der Waals surface area contributed by atoms with Crippen molar-refractivity contribution in [3.05, 3.63) is 94.0 Å². The maximum Gasteiger partial charge on any atom is 0.416 e. The molecule has 3 aromatic carbocycles. The average Bonchev–Trinajstić information content (AvgIpc) is 2.73. The minimum atomic E-state index is -4.59. The number of sulfonamides is 1. The van der Waals surface area contributed by atoms with Crippen LogP contribution in [0.25, 0.3) is 0 Å². The predicted octanol–water partition coefficient (Wildman–Crippen LogP) is 5.84. The number of amides is 1. The van der Waals surface area contributed by atoms with Crippen LogP contribution in [0.15, 0.2) is 77.7 Å².